The van der Waals surface area contributed by atoms with Gasteiger partial charge in [-0.2, -0.15) is 0 Å². The lowest BCUT2D eigenvalue weighted by molar-refractivity contribution is -0.124. The summed E-state index contributed by atoms with van der Waals surface area (Å²) in [4.78, 5) is 10.9. The summed E-state index contributed by atoms with van der Waals surface area (Å²) in [5, 5.41) is 6.17. The van der Waals surface area contributed by atoms with Crippen LogP contribution in [0.5, 0.6) is 0 Å². The van der Waals surface area contributed by atoms with E-state index in [2.05, 4.69) is 10.6 Å². The highest BCUT2D eigenvalue weighted by molar-refractivity contribution is 5.77. The molecule has 10 heavy (non-hydrogen) atoms. The Bertz CT molecular complexity index is 158. The first-order valence-electron chi connectivity index (χ1n) is 3.83. The predicted molar refractivity (Wildman–Crippen MR) is 37.5 cm³/mol. The van der Waals surface area contributed by atoms with Gasteiger partial charge >= 0.3 is 0 Å². The highest BCUT2D eigenvalue weighted by Crippen LogP contribution is 2.22. The Hall–Kier alpha value is -0.570. The molecule has 0 saturated carbocycles. The van der Waals surface area contributed by atoms with Crippen LogP contribution in [0.25, 0.3) is 0 Å². The fourth-order valence-corrected chi connectivity index (χ4v) is 1.82. The quantitative estimate of drug-likeness (QED) is 0.469. The van der Waals surface area contributed by atoms with Crippen LogP contribution in [0, 0.1) is 11.8 Å². The van der Waals surface area contributed by atoms with Gasteiger partial charge in [-0.3, -0.25) is 4.79 Å². The average molecular weight is 140 g/mol. The summed E-state index contributed by atoms with van der Waals surface area (Å²) in [6.07, 6.45) is 0.734. The van der Waals surface area contributed by atoms with E-state index in [1.54, 1.807) is 0 Å². The molecule has 0 unspecified atom stereocenters. The summed E-state index contributed by atoms with van der Waals surface area (Å²) in [5.41, 5.74) is 0. The maximum atomic E-state index is 10.9. The van der Waals surface area contributed by atoms with E-state index < -0.39 is 0 Å². The Kier molecular flexibility index (Phi) is 1.38. The number of carbonyl (C=O) groups is 1. The second kappa shape index (κ2) is 2.23. The van der Waals surface area contributed by atoms with E-state index in [-0.39, 0.29) is 5.91 Å². The summed E-state index contributed by atoms with van der Waals surface area (Å²) in [6, 6.07) is 0. The van der Waals surface area contributed by atoms with E-state index in [1.165, 1.54) is 0 Å². The van der Waals surface area contributed by atoms with Crippen LogP contribution in [0.2, 0.25) is 0 Å². The van der Waals surface area contributed by atoms with Crippen molar-refractivity contribution in [3.8, 4) is 0 Å². The number of rotatable bonds is 0. The third kappa shape index (κ3) is 0.904. The van der Waals surface area contributed by atoms with Crippen LogP contribution in [-0.4, -0.2) is 25.5 Å². The van der Waals surface area contributed by atoms with Crippen LogP contribution in [-0.2, 0) is 4.79 Å². The van der Waals surface area contributed by atoms with Gasteiger partial charge in [-0.15, -0.1) is 0 Å². The highest BCUT2D eigenvalue weighted by atomic mass is 16.1. The minimum Gasteiger partial charge on any atom is -0.356 e. The maximum absolute atomic E-state index is 10.9. The normalized spacial score (nSPS) is 39.0. The van der Waals surface area contributed by atoms with Crippen molar-refractivity contribution < 1.29 is 4.79 Å². The van der Waals surface area contributed by atoms with E-state index in [1.807, 2.05) is 0 Å². The highest BCUT2D eigenvalue weighted by Gasteiger charge is 2.32. The number of hydrogen-bond acceptors (Lipinski definition) is 2. The smallest absolute Gasteiger partial charge is 0.220 e. The molecule has 2 rings (SSSR count). The van der Waals surface area contributed by atoms with Gasteiger partial charge in [0.25, 0.3) is 0 Å². The molecule has 0 aromatic heterocycles. The summed E-state index contributed by atoms with van der Waals surface area (Å²) >= 11 is 0. The summed E-state index contributed by atoms with van der Waals surface area (Å²) < 4.78 is 0. The van der Waals surface area contributed by atoms with Crippen molar-refractivity contribution in [3.05, 3.63) is 0 Å². The fraction of sp³-hybridized carbons (Fsp3) is 0.857. The van der Waals surface area contributed by atoms with E-state index in [0.717, 1.165) is 26.1 Å². The lowest BCUT2D eigenvalue weighted by Crippen LogP contribution is -2.39. The third-order valence-corrected chi connectivity index (χ3v) is 2.49. The van der Waals surface area contributed by atoms with Gasteiger partial charge in [0.15, 0.2) is 0 Å². The summed E-state index contributed by atoms with van der Waals surface area (Å²) in [5.74, 6) is 1.55. The van der Waals surface area contributed by atoms with Crippen molar-refractivity contribution in [3.63, 3.8) is 0 Å². The molecule has 0 bridgehead atoms. The Labute approximate surface area is 60.2 Å². The minimum atomic E-state index is 0.227. The van der Waals surface area contributed by atoms with Gasteiger partial charge in [0.05, 0.1) is 0 Å². The lowest BCUT2D eigenvalue weighted by atomic mass is 9.89. The molecule has 1 amide bonds. The molecule has 2 aliphatic rings. The molecule has 2 aliphatic heterocycles. The van der Waals surface area contributed by atoms with Crippen LogP contribution < -0.4 is 10.6 Å². The Morgan fingerprint density at radius 2 is 2.00 bits per heavy atom. The van der Waals surface area contributed by atoms with Crippen LogP contribution in [0.4, 0.5) is 0 Å². The van der Waals surface area contributed by atoms with Gasteiger partial charge < -0.3 is 10.6 Å². The Morgan fingerprint density at radius 3 is 2.90 bits per heavy atom. The third-order valence-electron chi connectivity index (χ3n) is 2.49. The molecule has 3 heteroatoms. The number of piperidine rings is 1. The van der Waals surface area contributed by atoms with E-state index in [4.69, 9.17) is 0 Å². The van der Waals surface area contributed by atoms with Gasteiger partial charge in [0, 0.05) is 13.0 Å². The molecule has 0 spiro atoms. The molecular weight excluding hydrogens is 128 g/mol. The molecule has 0 aromatic carbocycles. The van der Waals surface area contributed by atoms with Gasteiger partial charge in [-0.1, -0.05) is 0 Å². The predicted octanol–water partition coefficient (Wildman–Crippen LogP) is -0.658. The first-order valence-corrected chi connectivity index (χ1v) is 3.83. The molecule has 0 radical (unpaired) electrons. The molecule has 0 aromatic rings. The van der Waals surface area contributed by atoms with E-state index >= 15 is 0 Å². The SMILES string of the molecule is O=C1C[C@@H]2CNC[C@@H]2CN1. The van der Waals surface area contributed by atoms with Gasteiger partial charge in [-0.05, 0) is 24.9 Å². The summed E-state index contributed by atoms with van der Waals surface area (Å²) in [6.45, 7) is 3.01. The molecule has 2 heterocycles. The largest absolute Gasteiger partial charge is 0.356 e. The van der Waals surface area contributed by atoms with Crippen molar-refractivity contribution in [2.24, 2.45) is 11.8 Å². The lowest BCUT2D eigenvalue weighted by Gasteiger charge is -2.23. The zero-order valence-corrected chi connectivity index (χ0v) is 5.89. The van der Waals surface area contributed by atoms with Crippen molar-refractivity contribution in [1.82, 2.24) is 10.6 Å². The molecule has 2 saturated heterocycles. The number of amides is 1. The molecule has 2 fully saturated rings. The molecule has 2 N–H and O–H groups in total. The van der Waals surface area contributed by atoms with Crippen LogP contribution in [0.1, 0.15) is 6.42 Å². The molecular formula is C7H12N2O. The standard InChI is InChI=1S/C7H12N2O/c10-7-1-5-2-8-3-6(5)4-9-7/h5-6,8H,1-4H2,(H,9,10)/t5-,6-/m1/s1. The van der Waals surface area contributed by atoms with Gasteiger partial charge in [0.1, 0.15) is 0 Å². The van der Waals surface area contributed by atoms with Crippen molar-refractivity contribution in [2.75, 3.05) is 19.6 Å². The second-order valence-electron chi connectivity index (χ2n) is 3.19. The second-order valence-corrected chi connectivity index (χ2v) is 3.19. The molecule has 56 valence electrons. The number of hydrogen-bond donors (Lipinski definition) is 2. The number of carbonyl (C=O) groups excluding carboxylic acids is 1. The molecule has 2 atom stereocenters. The van der Waals surface area contributed by atoms with Crippen molar-refractivity contribution in [2.45, 2.75) is 6.42 Å². The molecule has 0 aliphatic carbocycles. The number of nitrogens with one attached hydrogen (secondary N) is 2. The van der Waals surface area contributed by atoms with Crippen LogP contribution >= 0.6 is 0 Å². The molecule has 3 nitrogen and oxygen atoms in total. The zero-order valence-electron chi connectivity index (χ0n) is 5.89. The minimum absolute atomic E-state index is 0.227. The van der Waals surface area contributed by atoms with E-state index in [0.29, 0.717) is 11.8 Å². The monoisotopic (exact) mass is 140 g/mol. The van der Waals surface area contributed by atoms with Crippen LogP contribution in [0.3, 0.4) is 0 Å². The fourth-order valence-electron chi connectivity index (χ4n) is 1.82. The Morgan fingerprint density at radius 1 is 1.20 bits per heavy atom. The number of fused-ring (bicyclic) bond motifs is 1. The Balaban J connectivity index is 2.03. The van der Waals surface area contributed by atoms with Gasteiger partial charge in [-0.25, -0.2) is 0 Å². The zero-order chi connectivity index (χ0) is 6.97. The first kappa shape index (κ1) is 6.16. The summed E-state index contributed by atoms with van der Waals surface area (Å²) in [7, 11) is 0. The average Bonchev–Trinajstić information content (AvgIpc) is 2.33. The topological polar surface area (TPSA) is 41.1 Å². The van der Waals surface area contributed by atoms with Crippen molar-refractivity contribution >= 4 is 5.91 Å². The van der Waals surface area contributed by atoms with E-state index in [9.17, 15) is 4.79 Å². The van der Waals surface area contributed by atoms with Gasteiger partial charge in [0.2, 0.25) is 5.91 Å². The van der Waals surface area contributed by atoms with Crippen molar-refractivity contribution in [1.29, 1.82) is 0 Å². The first-order chi connectivity index (χ1) is 4.86. The van der Waals surface area contributed by atoms with Crippen LogP contribution in [0.15, 0.2) is 0 Å². The maximum Gasteiger partial charge on any atom is 0.220 e.